The molecule has 2 aromatic carbocycles. The van der Waals surface area contributed by atoms with Crippen LogP contribution in [0.5, 0.6) is 0 Å². The maximum absolute atomic E-state index is 13.5. The second-order valence-electron chi connectivity index (χ2n) is 8.49. The fourth-order valence-corrected chi connectivity index (χ4v) is 4.60. The summed E-state index contributed by atoms with van der Waals surface area (Å²) in [5.74, 6) is 0.167. The van der Waals surface area contributed by atoms with Crippen LogP contribution in [0.15, 0.2) is 76.1 Å². The van der Waals surface area contributed by atoms with Crippen molar-refractivity contribution in [3.8, 4) is 6.07 Å². The minimum Gasteiger partial charge on any atom is -0.459 e. The Morgan fingerprint density at radius 3 is 2.47 bits per heavy atom. The van der Waals surface area contributed by atoms with Crippen LogP contribution in [0, 0.1) is 18.3 Å². The van der Waals surface area contributed by atoms with Gasteiger partial charge in [-0.1, -0.05) is 42.0 Å². The van der Waals surface area contributed by atoms with Gasteiger partial charge in [0.15, 0.2) is 5.76 Å². The number of anilines is 1. The van der Waals surface area contributed by atoms with E-state index in [0.29, 0.717) is 44.2 Å². The number of carbonyl (C=O) groups excluding carboxylic acids is 1. The molecule has 0 aliphatic carbocycles. The number of furan rings is 1. The van der Waals surface area contributed by atoms with Crippen LogP contribution in [0.2, 0.25) is 0 Å². The molecule has 0 spiro atoms. The molecule has 3 heterocycles. The van der Waals surface area contributed by atoms with Crippen LogP contribution >= 0.6 is 0 Å². The van der Waals surface area contributed by atoms with Gasteiger partial charge in [-0.25, -0.2) is 0 Å². The van der Waals surface area contributed by atoms with Gasteiger partial charge in [0, 0.05) is 31.6 Å². The zero-order chi connectivity index (χ0) is 23.7. The summed E-state index contributed by atoms with van der Waals surface area (Å²) in [5.41, 5.74) is 3.33. The van der Waals surface area contributed by atoms with Crippen molar-refractivity contribution in [1.29, 1.82) is 5.26 Å². The van der Waals surface area contributed by atoms with Gasteiger partial charge in [0.05, 0.1) is 24.0 Å². The molecule has 0 atom stereocenters. The standard InChI is InChI=1S/C27H24N4O3/c1-19-9-10-23-21(16-19)25(22(17-28)26(32)31(23)18-20-6-3-2-4-7-20)29-11-13-30(14-12-29)27(33)24-8-5-15-34-24/h2-10,15-16H,11-14,18H2,1H3. The number of piperazine rings is 1. The van der Waals surface area contributed by atoms with Crippen LogP contribution in [0.4, 0.5) is 5.69 Å². The van der Waals surface area contributed by atoms with E-state index in [1.54, 1.807) is 21.6 Å². The third-order valence-electron chi connectivity index (χ3n) is 6.30. The van der Waals surface area contributed by atoms with Crippen molar-refractivity contribution in [2.45, 2.75) is 13.5 Å². The first kappa shape index (κ1) is 21.5. The highest BCUT2D eigenvalue weighted by molar-refractivity contribution is 5.96. The molecular formula is C27H24N4O3. The first-order chi connectivity index (χ1) is 16.6. The normalized spacial score (nSPS) is 13.8. The summed E-state index contributed by atoms with van der Waals surface area (Å²) in [6.07, 6.45) is 1.49. The first-order valence-corrected chi connectivity index (χ1v) is 11.3. The number of pyridine rings is 1. The Kier molecular flexibility index (Phi) is 5.64. The Balaban J connectivity index is 1.55. The third kappa shape index (κ3) is 3.84. The van der Waals surface area contributed by atoms with Crippen molar-refractivity contribution < 1.29 is 9.21 Å². The number of hydrogen-bond acceptors (Lipinski definition) is 5. The molecule has 1 aliphatic heterocycles. The Hall–Kier alpha value is -4.31. The molecule has 0 bridgehead atoms. The van der Waals surface area contributed by atoms with Crippen LogP contribution in [0.25, 0.3) is 10.9 Å². The van der Waals surface area contributed by atoms with Crippen molar-refractivity contribution in [2.75, 3.05) is 31.1 Å². The van der Waals surface area contributed by atoms with Gasteiger partial charge >= 0.3 is 0 Å². The minimum absolute atomic E-state index is 0.139. The summed E-state index contributed by atoms with van der Waals surface area (Å²) in [6, 6.07) is 21.3. The predicted molar refractivity (Wildman–Crippen MR) is 130 cm³/mol. The lowest BCUT2D eigenvalue weighted by molar-refractivity contribution is 0.0715. The van der Waals surface area contributed by atoms with Gasteiger partial charge in [0.2, 0.25) is 0 Å². The van der Waals surface area contributed by atoms with E-state index < -0.39 is 0 Å². The average molecular weight is 453 g/mol. The number of nitriles is 1. The molecule has 2 aromatic heterocycles. The van der Waals surface area contributed by atoms with Crippen molar-refractivity contribution in [3.63, 3.8) is 0 Å². The van der Waals surface area contributed by atoms with E-state index in [-0.39, 0.29) is 17.0 Å². The quantitative estimate of drug-likeness (QED) is 0.471. The van der Waals surface area contributed by atoms with Gasteiger partial charge in [-0.05, 0) is 36.8 Å². The van der Waals surface area contributed by atoms with E-state index in [2.05, 4.69) is 11.0 Å². The van der Waals surface area contributed by atoms with Gasteiger partial charge in [-0.2, -0.15) is 5.26 Å². The van der Waals surface area contributed by atoms with Crippen LogP contribution < -0.4 is 10.5 Å². The van der Waals surface area contributed by atoms with Crippen molar-refractivity contribution >= 4 is 22.5 Å². The summed E-state index contributed by atoms with van der Waals surface area (Å²) >= 11 is 0. The highest BCUT2D eigenvalue weighted by atomic mass is 16.3. The molecule has 1 saturated heterocycles. The van der Waals surface area contributed by atoms with Gasteiger partial charge in [-0.3, -0.25) is 9.59 Å². The molecule has 0 N–H and O–H groups in total. The summed E-state index contributed by atoms with van der Waals surface area (Å²) in [6.45, 7) is 4.38. The Morgan fingerprint density at radius 2 is 1.79 bits per heavy atom. The molecule has 0 radical (unpaired) electrons. The SMILES string of the molecule is Cc1ccc2c(c1)c(N1CCN(C(=O)c3ccco3)CC1)c(C#N)c(=O)n2Cc1ccccc1. The zero-order valence-corrected chi connectivity index (χ0v) is 18.9. The van der Waals surface area contributed by atoms with E-state index >= 15 is 0 Å². The highest BCUT2D eigenvalue weighted by Crippen LogP contribution is 2.31. The smallest absolute Gasteiger partial charge is 0.289 e. The van der Waals surface area contributed by atoms with Gasteiger partial charge in [-0.15, -0.1) is 0 Å². The molecular weight excluding hydrogens is 428 g/mol. The van der Waals surface area contributed by atoms with E-state index in [1.807, 2.05) is 55.5 Å². The maximum atomic E-state index is 13.5. The fraction of sp³-hybridized carbons (Fsp3) is 0.222. The molecule has 1 aliphatic rings. The number of benzene rings is 2. The van der Waals surface area contributed by atoms with Crippen molar-refractivity contribution in [2.24, 2.45) is 0 Å². The molecule has 1 fully saturated rings. The number of rotatable bonds is 4. The maximum Gasteiger partial charge on any atom is 0.289 e. The second-order valence-corrected chi connectivity index (χ2v) is 8.49. The Labute approximate surface area is 197 Å². The van der Waals surface area contributed by atoms with Gasteiger partial charge in [0.25, 0.3) is 11.5 Å². The summed E-state index contributed by atoms with van der Waals surface area (Å²) in [7, 11) is 0. The minimum atomic E-state index is -0.299. The number of aryl methyl sites for hydroxylation is 1. The predicted octanol–water partition coefficient (Wildman–Crippen LogP) is 3.79. The number of aromatic nitrogens is 1. The number of fused-ring (bicyclic) bond motifs is 1. The topological polar surface area (TPSA) is 82.5 Å². The first-order valence-electron chi connectivity index (χ1n) is 11.3. The van der Waals surface area contributed by atoms with E-state index in [0.717, 1.165) is 22.0 Å². The number of carbonyl (C=O) groups is 1. The van der Waals surface area contributed by atoms with E-state index in [1.165, 1.54) is 6.26 Å². The van der Waals surface area contributed by atoms with Crippen molar-refractivity contribution in [1.82, 2.24) is 9.47 Å². The molecule has 7 nitrogen and oxygen atoms in total. The summed E-state index contributed by atoms with van der Waals surface area (Å²) < 4.78 is 6.94. The molecule has 34 heavy (non-hydrogen) atoms. The zero-order valence-electron chi connectivity index (χ0n) is 18.9. The second kappa shape index (κ2) is 8.91. The molecule has 170 valence electrons. The molecule has 0 unspecified atom stereocenters. The summed E-state index contributed by atoms with van der Waals surface area (Å²) in [5, 5.41) is 10.9. The Morgan fingerprint density at radius 1 is 1.03 bits per heavy atom. The molecule has 7 heteroatoms. The largest absolute Gasteiger partial charge is 0.459 e. The van der Waals surface area contributed by atoms with Crippen molar-refractivity contribution in [3.05, 3.63) is 99.7 Å². The molecule has 5 rings (SSSR count). The lowest BCUT2D eigenvalue weighted by Gasteiger charge is -2.36. The van der Waals surface area contributed by atoms with Gasteiger partial charge in [0.1, 0.15) is 11.6 Å². The van der Waals surface area contributed by atoms with E-state index in [9.17, 15) is 14.9 Å². The third-order valence-corrected chi connectivity index (χ3v) is 6.30. The van der Waals surface area contributed by atoms with Crippen LogP contribution in [-0.2, 0) is 6.54 Å². The van der Waals surface area contributed by atoms with Gasteiger partial charge < -0.3 is 18.8 Å². The lowest BCUT2D eigenvalue weighted by atomic mass is 10.0. The highest BCUT2D eigenvalue weighted by Gasteiger charge is 2.28. The molecule has 1 amide bonds. The van der Waals surface area contributed by atoms with Crippen LogP contribution in [-0.4, -0.2) is 41.6 Å². The van der Waals surface area contributed by atoms with E-state index in [4.69, 9.17) is 4.42 Å². The lowest BCUT2D eigenvalue weighted by Crippen LogP contribution is -2.49. The molecule has 4 aromatic rings. The Bertz CT molecular complexity index is 1440. The number of hydrogen-bond donors (Lipinski definition) is 0. The summed E-state index contributed by atoms with van der Waals surface area (Å²) in [4.78, 5) is 30.0. The average Bonchev–Trinajstić information content (AvgIpc) is 3.41. The number of nitrogens with zero attached hydrogens (tertiary/aromatic N) is 4. The number of amides is 1. The fourth-order valence-electron chi connectivity index (χ4n) is 4.60. The monoisotopic (exact) mass is 452 g/mol. The van der Waals surface area contributed by atoms with Crippen LogP contribution in [0.1, 0.15) is 27.2 Å². The molecule has 0 saturated carbocycles. The van der Waals surface area contributed by atoms with Crippen LogP contribution in [0.3, 0.4) is 0 Å².